The van der Waals surface area contributed by atoms with E-state index in [1.165, 1.54) is 135 Å². The van der Waals surface area contributed by atoms with E-state index >= 15 is 0 Å². The number of phosphoric acid groups is 1. The second-order valence-corrected chi connectivity index (χ2v) is 12.4. The van der Waals surface area contributed by atoms with Gasteiger partial charge in [-0.25, -0.2) is 4.57 Å². The molecule has 0 heterocycles. The molecule has 0 fully saturated rings. The average molecular weight is 611 g/mol. The summed E-state index contributed by atoms with van der Waals surface area (Å²) >= 11 is 0. The van der Waals surface area contributed by atoms with Gasteiger partial charge in [0.25, 0.3) is 0 Å². The van der Waals surface area contributed by atoms with Crippen molar-refractivity contribution >= 4 is 7.82 Å². The Morgan fingerprint density at radius 2 is 0.825 bits per heavy atom. The Labute approximate surface area is 293 Å². The molecule has 9 heteroatoms. The van der Waals surface area contributed by atoms with Crippen molar-refractivity contribution in [1.82, 2.24) is 0 Å². The molecule has 0 saturated carbocycles. The van der Waals surface area contributed by atoms with E-state index in [0.717, 1.165) is 19.3 Å². The molecule has 0 aromatic heterocycles. The Kier molecular flexibility index (Phi) is 43.2. The molecule has 0 unspecified atom stereocenters. The fraction of sp³-hybridized carbons (Fsp3) is 1.00. The largest absolute Gasteiger partial charge is 1.00 e. The Morgan fingerprint density at radius 1 is 0.500 bits per heavy atom. The molecule has 6 nitrogen and oxygen atoms in total. The van der Waals surface area contributed by atoms with Crippen molar-refractivity contribution in [1.29, 1.82) is 0 Å². The second kappa shape index (κ2) is 37.2. The van der Waals surface area contributed by atoms with Crippen LogP contribution in [0.2, 0.25) is 0 Å². The minimum absolute atomic E-state index is 0. The predicted octanol–water partition coefficient (Wildman–Crippen LogP) is 3.91. The topological polar surface area (TPSA) is 85.2 Å². The molecule has 0 aliphatic rings. The zero-order valence-corrected chi connectivity index (χ0v) is 32.2. The maximum absolute atomic E-state index is 11.1. The van der Waals surface area contributed by atoms with Crippen LogP contribution in [0, 0.1) is 0 Å². The van der Waals surface area contributed by atoms with Gasteiger partial charge in [0.05, 0.1) is 13.2 Å². The Hall–Kier alpha value is 2.03. The van der Waals surface area contributed by atoms with Crippen LogP contribution in [0.25, 0.3) is 0 Å². The minimum Gasteiger partial charge on any atom is -0.379 e. The summed E-state index contributed by atoms with van der Waals surface area (Å²) in [4.78, 5) is 18.1. The molecule has 230 valence electrons. The van der Waals surface area contributed by atoms with Crippen LogP contribution in [0.3, 0.4) is 0 Å². The molecule has 0 amide bonds. The average Bonchev–Trinajstić information content (AvgIpc) is 2.89. The van der Waals surface area contributed by atoms with E-state index in [1.807, 2.05) is 0 Å². The Balaban J connectivity index is -0.00000684. The third-order valence-electron chi connectivity index (χ3n) is 7.23. The van der Waals surface area contributed by atoms with Crippen molar-refractivity contribution in [3.05, 3.63) is 0 Å². The summed E-state index contributed by atoms with van der Waals surface area (Å²) in [5.41, 5.74) is 0. The zero-order valence-electron chi connectivity index (χ0n) is 27.4. The van der Waals surface area contributed by atoms with E-state index in [4.69, 9.17) is 19.3 Å². The van der Waals surface area contributed by atoms with Crippen LogP contribution < -0.4 is 59.1 Å². The maximum Gasteiger partial charge on any atom is 1.00 e. The summed E-state index contributed by atoms with van der Waals surface area (Å²) < 4.78 is 27.4. The van der Waals surface area contributed by atoms with Crippen molar-refractivity contribution < 1.29 is 87.5 Å². The molecule has 0 rings (SSSR count). The molecule has 0 saturated heterocycles. The molecule has 0 bridgehead atoms. The number of phosphoric ester groups is 1. The van der Waals surface area contributed by atoms with Gasteiger partial charge in [0.1, 0.15) is 6.10 Å². The van der Waals surface area contributed by atoms with Gasteiger partial charge in [-0.3, -0.25) is 4.52 Å². The quantitative estimate of drug-likeness (QED) is 0.0683. The van der Waals surface area contributed by atoms with Crippen LogP contribution in [0.4, 0.5) is 0 Å². The molecule has 40 heavy (non-hydrogen) atoms. The summed E-state index contributed by atoms with van der Waals surface area (Å²) in [5, 5.41) is 0. The molecule has 0 aliphatic carbocycles. The van der Waals surface area contributed by atoms with Gasteiger partial charge in [-0.15, -0.1) is 0 Å². The van der Waals surface area contributed by atoms with Crippen LogP contribution in [0.15, 0.2) is 0 Å². The van der Waals surface area contributed by atoms with E-state index in [0.29, 0.717) is 19.8 Å². The van der Waals surface area contributed by atoms with Gasteiger partial charge in [-0.1, -0.05) is 155 Å². The van der Waals surface area contributed by atoms with Gasteiger partial charge in [0.15, 0.2) is 0 Å². The van der Waals surface area contributed by atoms with Crippen molar-refractivity contribution in [2.45, 2.75) is 174 Å². The number of ether oxygens (including phenoxy) is 2. The molecule has 0 aromatic carbocycles. The first-order valence-electron chi connectivity index (χ1n) is 16.4. The van der Waals surface area contributed by atoms with Crippen molar-refractivity contribution in [3.8, 4) is 0 Å². The molecule has 0 spiro atoms. The van der Waals surface area contributed by atoms with Gasteiger partial charge < -0.3 is 19.3 Å². The van der Waals surface area contributed by atoms with Crippen molar-refractivity contribution in [2.75, 3.05) is 26.4 Å². The Bertz CT molecular complexity index is 510. The van der Waals surface area contributed by atoms with Gasteiger partial charge >= 0.3 is 66.9 Å². The molecular formula is C31H65Na2O6P+2. The molecular weight excluding hydrogens is 545 g/mol. The number of hydrogen-bond acceptors (Lipinski definition) is 4. The van der Waals surface area contributed by atoms with Crippen molar-refractivity contribution in [3.63, 3.8) is 0 Å². The summed E-state index contributed by atoms with van der Waals surface area (Å²) in [5.74, 6) is 0. The molecule has 0 aromatic rings. The van der Waals surface area contributed by atoms with E-state index in [9.17, 15) is 4.57 Å². The fourth-order valence-electron chi connectivity index (χ4n) is 4.78. The van der Waals surface area contributed by atoms with Crippen LogP contribution in [0.1, 0.15) is 168 Å². The van der Waals surface area contributed by atoms with Crippen LogP contribution in [-0.2, 0) is 18.6 Å². The second-order valence-electron chi connectivity index (χ2n) is 11.1. The zero-order chi connectivity index (χ0) is 28.0. The Morgan fingerprint density at radius 3 is 1.18 bits per heavy atom. The summed E-state index contributed by atoms with van der Waals surface area (Å²) in [6.45, 7) is 5.94. The first-order chi connectivity index (χ1) is 18.5. The van der Waals surface area contributed by atoms with Gasteiger partial charge in [0, 0.05) is 13.2 Å². The molecule has 2 N–H and O–H groups in total. The van der Waals surface area contributed by atoms with E-state index in [1.54, 1.807) is 0 Å². The minimum atomic E-state index is -4.50. The summed E-state index contributed by atoms with van der Waals surface area (Å²) in [7, 11) is -4.50. The first kappa shape index (κ1) is 46.4. The number of rotatable bonds is 32. The van der Waals surface area contributed by atoms with E-state index in [-0.39, 0.29) is 65.7 Å². The molecule has 1 atom stereocenters. The van der Waals surface area contributed by atoms with Crippen molar-refractivity contribution in [2.24, 2.45) is 0 Å². The smallest absolute Gasteiger partial charge is 0.379 e. The van der Waals surface area contributed by atoms with Crippen LogP contribution in [-0.4, -0.2) is 42.3 Å². The molecule has 0 radical (unpaired) electrons. The summed E-state index contributed by atoms with van der Waals surface area (Å²) in [6.07, 6.45) is 30.7. The number of hydrogen-bond donors (Lipinski definition) is 2. The van der Waals surface area contributed by atoms with E-state index < -0.39 is 13.9 Å². The maximum atomic E-state index is 11.1. The third-order valence-corrected chi connectivity index (χ3v) is 7.71. The van der Waals surface area contributed by atoms with Gasteiger partial charge in [-0.2, -0.15) is 0 Å². The normalized spacial score (nSPS) is 12.2. The van der Waals surface area contributed by atoms with E-state index in [2.05, 4.69) is 18.4 Å². The number of unbranched alkanes of at least 4 members (excludes halogenated alkanes) is 22. The summed E-state index contributed by atoms with van der Waals surface area (Å²) in [6, 6.07) is 0. The van der Waals surface area contributed by atoms with Crippen LogP contribution >= 0.6 is 7.82 Å². The van der Waals surface area contributed by atoms with Crippen LogP contribution in [0.5, 0.6) is 0 Å². The molecule has 0 aliphatic heterocycles. The monoisotopic (exact) mass is 610 g/mol. The third kappa shape index (κ3) is 40.0. The van der Waals surface area contributed by atoms with Gasteiger partial charge in [0.2, 0.25) is 0 Å². The fourth-order valence-corrected chi connectivity index (χ4v) is 5.14. The predicted molar refractivity (Wildman–Crippen MR) is 161 cm³/mol. The first-order valence-corrected chi connectivity index (χ1v) is 17.9. The van der Waals surface area contributed by atoms with Gasteiger partial charge in [-0.05, 0) is 12.8 Å². The standard InChI is InChI=1S/C31H65O6P.2Na/c1-3-5-7-9-11-13-15-17-19-21-23-25-27-35-29-31(30-37-38(32,33)34)36-28-26-24-22-20-18-16-14-12-10-8-6-4-2;;/h31H,3-30H2,1-2H3,(H2,32,33,34);;/q;2*+1/t31-;;/m1../s1. The SMILES string of the molecule is CCCCCCCCCCCCCCOC[C@H](COP(=O)(O)O)OCCCCCCCCCCCCCC.[Na+].[Na+].